The van der Waals surface area contributed by atoms with Gasteiger partial charge in [-0.25, -0.2) is 4.98 Å². The first-order valence-corrected chi connectivity index (χ1v) is 6.65. The van der Waals surface area contributed by atoms with Crippen molar-refractivity contribution in [1.82, 2.24) is 20.1 Å². The Labute approximate surface area is 123 Å². The van der Waals surface area contributed by atoms with Crippen molar-refractivity contribution in [2.45, 2.75) is 19.9 Å². The number of nitrogens with two attached hydrogens (primary N) is 1. The van der Waals surface area contributed by atoms with Crippen LogP contribution in [0, 0.1) is 6.92 Å². The Balaban J connectivity index is 1.76. The smallest absolute Gasteiger partial charge is 0.226 e. The van der Waals surface area contributed by atoms with Gasteiger partial charge < -0.3 is 15.4 Å². The highest BCUT2D eigenvalue weighted by molar-refractivity contribution is 5.75. The molecule has 0 aliphatic rings. The molecule has 112 valence electrons. The van der Waals surface area contributed by atoms with Gasteiger partial charge in [0.25, 0.3) is 0 Å². The Morgan fingerprint density at radius 1 is 1.48 bits per heavy atom. The summed E-state index contributed by atoms with van der Waals surface area (Å²) in [7, 11) is 1.72. The van der Waals surface area contributed by atoms with Crippen LogP contribution in [0.25, 0.3) is 0 Å². The maximum absolute atomic E-state index is 12.0. The summed E-state index contributed by atoms with van der Waals surface area (Å²) < 4.78 is 5.50. The van der Waals surface area contributed by atoms with Gasteiger partial charge >= 0.3 is 0 Å². The molecular formula is C14H19N5O2. The lowest BCUT2D eigenvalue weighted by Gasteiger charge is -2.15. The number of aromatic nitrogens is 3. The Bertz CT molecular complexity index is 611. The number of nitrogens with one attached hydrogen (secondary N) is 1. The second kappa shape index (κ2) is 6.74. The molecule has 2 rings (SSSR count). The zero-order valence-corrected chi connectivity index (χ0v) is 12.2. The fraction of sp³-hybridized carbons (Fsp3) is 0.357. The molecule has 1 aromatic heterocycles. The number of carbonyl (C=O) groups is 1. The van der Waals surface area contributed by atoms with Gasteiger partial charge in [0.05, 0.1) is 19.6 Å². The number of hydrogen-bond donors (Lipinski definition) is 2. The number of benzene rings is 1. The fourth-order valence-corrected chi connectivity index (χ4v) is 1.81. The van der Waals surface area contributed by atoms with E-state index in [1.807, 2.05) is 13.0 Å². The molecule has 7 nitrogen and oxygen atoms in total. The second-order valence-electron chi connectivity index (χ2n) is 4.76. The molecule has 0 atom stereocenters. The van der Waals surface area contributed by atoms with Gasteiger partial charge in [0, 0.05) is 18.8 Å². The van der Waals surface area contributed by atoms with E-state index in [9.17, 15) is 4.79 Å². The van der Waals surface area contributed by atoms with Crippen LogP contribution < -0.4 is 10.5 Å². The van der Waals surface area contributed by atoms with Crippen LogP contribution in [0.2, 0.25) is 0 Å². The third kappa shape index (κ3) is 4.48. The first-order valence-electron chi connectivity index (χ1n) is 6.65. The van der Waals surface area contributed by atoms with Crippen LogP contribution in [0.3, 0.4) is 0 Å². The molecule has 0 saturated carbocycles. The van der Waals surface area contributed by atoms with E-state index < -0.39 is 0 Å². The van der Waals surface area contributed by atoms with Crippen molar-refractivity contribution in [3.8, 4) is 5.75 Å². The van der Waals surface area contributed by atoms with Crippen LogP contribution in [0.5, 0.6) is 5.75 Å². The van der Waals surface area contributed by atoms with E-state index >= 15 is 0 Å². The number of rotatable bonds is 6. The number of H-pyrrole nitrogens is 1. The van der Waals surface area contributed by atoms with Crippen LogP contribution in [0.1, 0.15) is 18.1 Å². The van der Waals surface area contributed by atoms with Gasteiger partial charge in [0.2, 0.25) is 5.91 Å². The number of nitrogens with zero attached hydrogens (tertiary/aromatic N) is 3. The Morgan fingerprint density at radius 3 is 2.95 bits per heavy atom. The SMILES string of the molecule is Cc1nc(CN(C)C(=O)CCOc2cccc(N)c2)n[nH]1. The molecule has 0 aliphatic heterocycles. The molecular weight excluding hydrogens is 270 g/mol. The topological polar surface area (TPSA) is 97.1 Å². The lowest BCUT2D eigenvalue weighted by molar-refractivity contribution is -0.131. The van der Waals surface area contributed by atoms with Gasteiger partial charge in [-0.2, -0.15) is 5.10 Å². The van der Waals surface area contributed by atoms with Gasteiger partial charge in [0.1, 0.15) is 11.6 Å². The molecule has 0 radical (unpaired) electrons. The largest absolute Gasteiger partial charge is 0.493 e. The average Bonchev–Trinajstić information content (AvgIpc) is 2.84. The molecule has 1 amide bonds. The summed E-state index contributed by atoms with van der Waals surface area (Å²) in [6.07, 6.45) is 0.286. The minimum absolute atomic E-state index is 0.0265. The summed E-state index contributed by atoms with van der Waals surface area (Å²) in [6, 6.07) is 7.13. The van der Waals surface area contributed by atoms with Gasteiger partial charge in [0.15, 0.2) is 5.82 Å². The van der Waals surface area contributed by atoms with Gasteiger partial charge in [-0.1, -0.05) is 6.07 Å². The number of nitrogen functional groups attached to an aromatic ring is 1. The van der Waals surface area contributed by atoms with E-state index in [0.717, 1.165) is 5.82 Å². The lowest BCUT2D eigenvalue weighted by Crippen LogP contribution is -2.28. The van der Waals surface area contributed by atoms with E-state index in [4.69, 9.17) is 10.5 Å². The zero-order chi connectivity index (χ0) is 15.2. The number of aromatic amines is 1. The maximum Gasteiger partial charge on any atom is 0.226 e. The average molecular weight is 289 g/mol. The van der Waals surface area contributed by atoms with Gasteiger partial charge in [-0.3, -0.25) is 9.89 Å². The number of anilines is 1. The normalized spacial score (nSPS) is 10.4. The molecule has 1 aromatic carbocycles. The molecule has 0 unspecified atom stereocenters. The van der Waals surface area contributed by atoms with Crippen LogP contribution in [0.15, 0.2) is 24.3 Å². The quantitative estimate of drug-likeness (QED) is 0.777. The minimum Gasteiger partial charge on any atom is -0.493 e. The summed E-state index contributed by atoms with van der Waals surface area (Å²) in [5.41, 5.74) is 6.29. The van der Waals surface area contributed by atoms with E-state index in [2.05, 4.69) is 15.2 Å². The van der Waals surface area contributed by atoms with Gasteiger partial charge in [-0.05, 0) is 19.1 Å². The Morgan fingerprint density at radius 2 is 2.29 bits per heavy atom. The standard InChI is InChI=1S/C14H19N5O2/c1-10-16-13(18-17-10)9-19(2)14(20)6-7-21-12-5-3-4-11(15)8-12/h3-5,8H,6-7,9,15H2,1-2H3,(H,16,17,18). The van der Waals surface area contributed by atoms with Crippen LogP contribution in [-0.2, 0) is 11.3 Å². The molecule has 3 N–H and O–H groups in total. The number of carbonyl (C=O) groups excluding carboxylic acids is 1. The predicted octanol–water partition coefficient (Wildman–Crippen LogP) is 1.12. The summed E-state index contributed by atoms with van der Waals surface area (Å²) in [5.74, 6) is 1.97. The van der Waals surface area contributed by atoms with Crippen molar-refractivity contribution in [1.29, 1.82) is 0 Å². The molecule has 0 saturated heterocycles. The molecule has 2 aromatic rings. The van der Waals surface area contributed by atoms with Crippen LogP contribution in [-0.4, -0.2) is 39.6 Å². The monoisotopic (exact) mass is 289 g/mol. The number of hydrogen-bond acceptors (Lipinski definition) is 5. The number of ether oxygens (including phenoxy) is 1. The maximum atomic E-state index is 12.0. The zero-order valence-electron chi connectivity index (χ0n) is 12.2. The van der Waals surface area contributed by atoms with Crippen molar-refractivity contribution in [3.05, 3.63) is 35.9 Å². The van der Waals surface area contributed by atoms with Crippen molar-refractivity contribution < 1.29 is 9.53 Å². The van der Waals surface area contributed by atoms with Crippen molar-refractivity contribution >= 4 is 11.6 Å². The van der Waals surface area contributed by atoms with Crippen molar-refractivity contribution in [2.24, 2.45) is 0 Å². The highest BCUT2D eigenvalue weighted by atomic mass is 16.5. The fourth-order valence-electron chi connectivity index (χ4n) is 1.81. The van der Waals surface area contributed by atoms with Gasteiger partial charge in [-0.15, -0.1) is 0 Å². The van der Waals surface area contributed by atoms with Crippen molar-refractivity contribution in [2.75, 3.05) is 19.4 Å². The van der Waals surface area contributed by atoms with E-state index in [1.54, 1.807) is 30.1 Å². The highest BCUT2D eigenvalue weighted by Crippen LogP contribution is 2.14. The summed E-state index contributed by atoms with van der Waals surface area (Å²) in [4.78, 5) is 17.7. The van der Waals surface area contributed by atoms with Crippen molar-refractivity contribution in [3.63, 3.8) is 0 Å². The van der Waals surface area contributed by atoms with Crippen LogP contribution in [0.4, 0.5) is 5.69 Å². The third-order valence-corrected chi connectivity index (χ3v) is 2.89. The summed E-state index contributed by atoms with van der Waals surface area (Å²) in [5, 5.41) is 6.75. The molecule has 21 heavy (non-hydrogen) atoms. The number of amides is 1. The second-order valence-corrected chi connectivity index (χ2v) is 4.76. The summed E-state index contributed by atoms with van der Waals surface area (Å²) >= 11 is 0. The van der Waals surface area contributed by atoms with E-state index in [-0.39, 0.29) is 12.3 Å². The third-order valence-electron chi connectivity index (χ3n) is 2.89. The lowest BCUT2D eigenvalue weighted by atomic mass is 10.3. The minimum atomic E-state index is -0.0265. The molecule has 7 heteroatoms. The molecule has 1 heterocycles. The van der Waals surface area contributed by atoms with E-state index in [1.165, 1.54) is 0 Å². The molecule has 0 bridgehead atoms. The molecule has 0 spiro atoms. The Hall–Kier alpha value is -2.57. The molecule has 0 fully saturated rings. The highest BCUT2D eigenvalue weighted by Gasteiger charge is 2.11. The Kier molecular flexibility index (Phi) is 4.76. The van der Waals surface area contributed by atoms with Crippen LogP contribution >= 0.6 is 0 Å². The number of aryl methyl sites for hydroxylation is 1. The first-order chi connectivity index (χ1) is 10.0. The predicted molar refractivity (Wildman–Crippen MR) is 78.6 cm³/mol. The summed E-state index contributed by atoms with van der Waals surface area (Å²) in [6.45, 7) is 2.50. The van der Waals surface area contributed by atoms with E-state index in [0.29, 0.717) is 30.4 Å². The first kappa shape index (κ1) is 14.8. The molecule has 0 aliphatic carbocycles.